The molecule has 1 heterocycles. The number of hydrogen-bond donors (Lipinski definition) is 2. The van der Waals surface area contributed by atoms with Gasteiger partial charge in [-0.3, -0.25) is 4.79 Å². The molecule has 0 bridgehead atoms. The molecular weight excluding hydrogens is 236 g/mol. The van der Waals surface area contributed by atoms with E-state index in [1.54, 1.807) is 0 Å². The number of hydrogen-bond acceptors (Lipinski definition) is 2. The Labute approximate surface area is 113 Å². The molecule has 98 valence electrons. The quantitative estimate of drug-likeness (QED) is 0.851. The van der Waals surface area contributed by atoms with Crippen LogP contribution < -0.4 is 11.1 Å². The molecule has 1 amide bonds. The van der Waals surface area contributed by atoms with E-state index in [0.717, 1.165) is 24.8 Å². The summed E-state index contributed by atoms with van der Waals surface area (Å²) in [6, 6.07) is 10.3. The summed E-state index contributed by atoms with van der Waals surface area (Å²) in [6.07, 6.45) is 4.34. The first kappa shape index (κ1) is 12.0. The van der Waals surface area contributed by atoms with Crippen molar-refractivity contribution in [1.29, 1.82) is 0 Å². The van der Waals surface area contributed by atoms with Crippen LogP contribution in [-0.2, 0) is 4.79 Å². The second kappa shape index (κ2) is 4.92. The van der Waals surface area contributed by atoms with Crippen molar-refractivity contribution < 1.29 is 4.79 Å². The minimum atomic E-state index is -0.283. The molecular formula is C16H18N2O. The largest absolute Gasteiger partial charge is 0.380 e. The second-order valence-electron chi connectivity index (χ2n) is 5.10. The maximum absolute atomic E-state index is 11.6. The Bertz CT molecular complexity index is 570. The Hall–Kier alpha value is -2.03. The third-order valence-electron chi connectivity index (χ3n) is 3.94. The fourth-order valence-electron chi connectivity index (χ4n) is 3.02. The molecule has 0 spiro atoms. The fourth-order valence-corrected chi connectivity index (χ4v) is 3.02. The predicted octanol–water partition coefficient (Wildman–Crippen LogP) is 2.36. The lowest BCUT2D eigenvalue weighted by Gasteiger charge is -2.30. The highest BCUT2D eigenvalue weighted by Crippen LogP contribution is 2.37. The minimum absolute atomic E-state index is 0.283. The number of carbonyl (C=O) groups excluding carboxylic acids is 1. The van der Waals surface area contributed by atoms with Crippen molar-refractivity contribution in [3.8, 4) is 0 Å². The molecule has 0 radical (unpaired) electrons. The number of rotatable bonds is 2. The van der Waals surface area contributed by atoms with E-state index in [2.05, 4.69) is 17.4 Å². The second-order valence-corrected chi connectivity index (χ2v) is 5.10. The minimum Gasteiger partial charge on any atom is -0.380 e. The van der Waals surface area contributed by atoms with Gasteiger partial charge in [-0.15, -0.1) is 0 Å². The van der Waals surface area contributed by atoms with Gasteiger partial charge in [-0.1, -0.05) is 30.3 Å². The van der Waals surface area contributed by atoms with Crippen molar-refractivity contribution in [2.45, 2.75) is 25.7 Å². The van der Waals surface area contributed by atoms with Crippen molar-refractivity contribution >= 4 is 11.6 Å². The molecule has 0 unspecified atom stereocenters. The van der Waals surface area contributed by atoms with E-state index in [4.69, 9.17) is 5.73 Å². The van der Waals surface area contributed by atoms with Crippen molar-refractivity contribution in [3.05, 3.63) is 52.6 Å². The van der Waals surface area contributed by atoms with E-state index in [1.165, 1.54) is 28.8 Å². The van der Waals surface area contributed by atoms with Crippen LogP contribution in [-0.4, -0.2) is 12.5 Å². The first-order valence-electron chi connectivity index (χ1n) is 6.82. The molecule has 1 aliphatic heterocycles. The topological polar surface area (TPSA) is 55.1 Å². The zero-order chi connectivity index (χ0) is 13.2. The van der Waals surface area contributed by atoms with Gasteiger partial charge in [0.15, 0.2) is 0 Å². The number of primary amides is 1. The third kappa shape index (κ3) is 2.16. The van der Waals surface area contributed by atoms with Crippen LogP contribution in [0.25, 0.3) is 5.70 Å². The summed E-state index contributed by atoms with van der Waals surface area (Å²) in [7, 11) is 0. The van der Waals surface area contributed by atoms with E-state index >= 15 is 0 Å². The number of carbonyl (C=O) groups is 1. The Morgan fingerprint density at radius 1 is 1.05 bits per heavy atom. The maximum Gasteiger partial charge on any atom is 0.246 e. The molecule has 19 heavy (non-hydrogen) atoms. The van der Waals surface area contributed by atoms with Gasteiger partial charge in [0.25, 0.3) is 0 Å². The Morgan fingerprint density at radius 2 is 1.74 bits per heavy atom. The standard InChI is InChI=1S/C16H18N2O/c17-16(19)14-10-18-15(11-6-2-1-3-7-11)13-9-5-4-8-12(13)14/h1-3,6-7,18H,4-5,8-10H2,(H2,17,19). The summed E-state index contributed by atoms with van der Waals surface area (Å²) in [5.74, 6) is -0.283. The van der Waals surface area contributed by atoms with Crippen LogP contribution in [0.3, 0.4) is 0 Å². The summed E-state index contributed by atoms with van der Waals surface area (Å²) < 4.78 is 0. The maximum atomic E-state index is 11.6. The Balaban J connectivity index is 2.12. The zero-order valence-electron chi connectivity index (χ0n) is 10.9. The molecule has 3 nitrogen and oxygen atoms in total. The first-order valence-corrected chi connectivity index (χ1v) is 6.82. The molecule has 3 heteroatoms. The van der Waals surface area contributed by atoms with Gasteiger partial charge in [0.05, 0.1) is 0 Å². The van der Waals surface area contributed by atoms with Crippen LogP contribution in [0.1, 0.15) is 31.2 Å². The molecule has 0 saturated heterocycles. The third-order valence-corrected chi connectivity index (χ3v) is 3.94. The average Bonchev–Trinajstić information content (AvgIpc) is 2.47. The molecule has 3 rings (SSSR count). The lowest BCUT2D eigenvalue weighted by atomic mass is 9.81. The van der Waals surface area contributed by atoms with Crippen molar-refractivity contribution in [3.63, 3.8) is 0 Å². The zero-order valence-corrected chi connectivity index (χ0v) is 10.9. The molecule has 2 aliphatic rings. The highest BCUT2D eigenvalue weighted by molar-refractivity contribution is 5.96. The van der Waals surface area contributed by atoms with Crippen LogP contribution in [0.2, 0.25) is 0 Å². The van der Waals surface area contributed by atoms with E-state index in [0.29, 0.717) is 6.54 Å². The van der Waals surface area contributed by atoms with Gasteiger partial charge in [-0.2, -0.15) is 0 Å². The molecule has 1 fully saturated rings. The monoisotopic (exact) mass is 254 g/mol. The summed E-state index contributed by atoms with van der Waals surface area (Å²) in [5, 5.41) is 3.39. The van der Waals surface area contributed by atoms with Gasteiger partial charge in [0.2, 0.25) is 5.91 Å². The summed E-state index contributed by atoms with van der Waals surface area (Å²) in [4.78, 5) is 11.6. The normalized spacial score (nSPS) is 18.9. The van der Waals surface area contributed by atoms with E-state index in [-0.39, 0.29) is 5.91 Å². The molecule has 0 atom stereocenters. The van der Waals surface area contributed by atoms with Crippen LogP contribution in [0.4, 0.5) is 0 Å². The summed E-state index contributed by atoms with van der Waals surface area (Å²) in [5.41, 5.74) is 11.1. The highest BCUT2D eigenvalue weighted by atomic mass is 16.1. The molecule has 1 aromatic carbocycles. The van der Waals surface area contributed by atoms with Gasteiger partial charge in [-0.05, 0) is 42.4 Å². The molecule has 1 saturated carbocycles. The Morgan fingerprint density at radius 3 is 2.42 bits per heavy atom. The van der Waals surface area contributed by atoms with Gasteiger partial charge >= 0.3 is 0 Å². The van der Waals surface area contributed by atoms with E-state index < -0.39 is 0 Å². The number of nitrogens with two attached hydrogens (primary N) is 1. The molecule has 1 aliphatic carbocycles. The lowest BCUT2D eigenvalue weighted by Crippen LogP contribution is -2.31. The van der Waals surface area contributed by atoms with E-state index in [1.807, 2.05) is 18.2 Å². The smallest absolute Gasteiger partial charge is 0.246 e. The Kier molecular flexibility index (Phi) is 3.11. The molecule has 1 aromatic rings. The van der Waals surface area contributed by atoms with Crippen LogP contribution >= 0.6 is 0 Å². The van der Waals surface area contributed by atoms with Gasteiger partial charge < -0.3 is 11.1 Å². The van der Waals surface area contributed by atoms with Gasteiger partial charge in [-0.25, -0.2) is 0 Å². The number of nitrogens with one attached hydrogen (secondary N) is 1. The number of amides is 1. The predicted molar refractivity (Wildman–Crippen MR) is 76.1 cm³/mol. The molecule has 0 aromatic heterocycles. The van der Waals surface area contributed by atoms with Gasteiger partial charge in [0, 0.05) is 17.8 Å². The van der Waals surface area contributed by atoms with Crippen LogP contribution in [0.5, 0.6) is 0 Å². The fraction of sp³-hybridized carbons (Fsp3) is 0.312. The summed E-state index contributed by atoms with van der Waals surface area (Å²) >= 11 is 0. The highest BCUT2D eigenvalue weighted by Gasteiger charge is 2.26. The average molecular weight is 254 g/mol. The number of fused-ring (bicyclic) bond motifs is 1. The van der Waals surface area contributed by atoms with Crippen molar-refractivity contribution in [2.24, 2.45) is 5.73 Å². The first-order chi connectivity index (χ1) is 9.27. The van der Waals surface area contributed by atoms with Crippen LogP contribution in [0, 0.1) is 0 Å². The van der Waals surface area contributed by atoms with Crippen LogP contribution in [0.15, 0.2) is 47.1 Å². The number of dihydropyridines is 1. The van der Waals surface area contributed by atoms with Crippen molar-refractivity contribution in [2.75, 3.05) is 6.54 Å². The number of benzene rings is 1. The molecule has 3 N–H and O–H groups in total. The van der Waals surface area contributed by atoms with E-state index in [9.17, 15) is 4.79 Å². The van der Waals surface area contributed by atoms with Crippen molar-refractivity contribution in [1.82, 2.24) is 5.32 Å². The SMILES string of the molecule is NC(=O)C1=C2CCCCC2=C(c2ccccc2)NC1. The summed E-state index contributed by atoms with van der Waals surface area (Å²) in [6.45, 7) is 0.554. The lowest BCUT2D eigenvalue weighted by molar-refractivity contribution is -0.114. The number of allylic oxidation sites excluding steroid dienone is 2. The van der Waals surface area contributed by atoms with Gasteiger partial charge in [0.1, 0.15) is 0 Å².